The van der Waals surface area contributed by atoms with Crippen LogP contribution in [-0.2, 0) is 20.9 Å². The third-order valence-corrected chi connectivity index (χ3v) is 5.49. The van der Waals surface area contributed by atoms with Gasteiger partial charge in [-0.2, -0.15) is 0 Å². The van der Waals surface area contributed by atoms with Gasteiger partial charge >= 0.3 is 0 Å². The minimum Gasteiger partial charge on any atom is -0.310 e. The Kier molecular flexibility index (Phi) is 3.88. The van der Waals surface area contributed by atoms with Gasteiger partial charge in [0, 0.05) is 15.5 Å². The molecule has 2 aromatic carbocycles. The van der Waals surface area contributed by atoms with Gasteiger partial charge in [-0.1, -0.05) is 60.7 Å². The second-order valence-corrected chi connectivity index (χ2v) is 11.2. The Balaban J connectivity index is 2.00. The molecule has 0 aliphatic carbocycles. The molecule has 3 rings (SSSR count). The van der Waals surface area contributed by atoms with E-state index >= 15 is 0 Å². The Hall–Kier alpha value is -0.510. The van der Waals surface area contributed by atoms with Crippen molar-refractivity contribution in [2.75, 3.05) is 0 Å². The number of rotatable bonds is 2. The minimum atomic E-state index is -2.34. The summed E-state index contributed by atoms with van der Waals surface area (Å²) in [7, 11) is 0. The van der Waals surface area contributed by atoms with E-state index in [0.717, 1.165) is 11.1 Å². The summed E-state index contributed by atoms with van der Waals surface area (Å²) in [5.74, 6) is 0. The summed E-state index contributed by atoms with van der Waals surface area (Å²) in [6.07, 6.45) is -0.317. The second-order valence-electron chi connectivity index (χ2n) is 4.30. The average Bonchev–Trinajstić information content (AvgIpc) is 2.77. The number of hydrogen-bond donors (Lipinski definition) is 0. The molecule has 0 bridgehead atoms. The Morgan fingerprint density at radius 3 is 1.53 bits per heavy atom. The molecule has 19 heavy (non-hydrogen) atoms. The first-order valence-corrected chi connectivity index (χ1v) is 10.6. The van der Waals surface area contributed by atoms with Crippen molar-refractivity contribution < 1.29 is 9.05 Å². The number of hydrogen-bond acceptors (Lipinski definition) is 3. The molecule has 1 aliphatic rings. The molecule has 1 aliphatic heterocycles. The maximum atomic E-state index is 5.92. The second kappa shape index (κ2) is 5.47. The van der Waals surface area contributed by atoms with Gasteiger partial charge in [0.15, 0.2) is 0 Å². The molecule has 0 amide bonds. The molecular weight excluding hydrogens is 343 g/mol. The molecule has 0 radical (unpaired) electrons. The molecule has 1 heterocycles. The first-order chi connectivity index (χ1) is 9.16. The zero-order valence-corrected chi connectivity index (χ0v) is 13.3. The predicted octanol–water partition coefficient (Wildman–Crippen LogP) is 5.14. The highest BCUT2D eigenvalue weighted by Crippen LogP contribution is 2.70. The molecule has 0 N–H and O–H groups in total. The van der Waals surface area contributed by atoms with Crippen LogP contribution in [0.3, 0.4) is 0 Å². The van der Waals surface area contributed by atoms with E-state index in [2.05, 4.69) is 15.5 Å². The highest BCUT2D eigenvalue weighted by atomic mass is 79.9. The minimum absolute atomic E-state index is 0.159. The molecule has 0 saturated carbocycles. The van der Waals surface area contributed by atoms with E-state index in [9.17, 15) is 0 Å². The smallest absolute Gasteiger partial charge is 0.257 e. The van der Waals surface area contributed by atoms with Crippen molar-refractivity contribution >= 4 is 32.5 Å². The zero-order chi connectivity index (χ0) is 13.3. The van der Waals surface area contributed by atoms with Crippen molar-refractivity contribution in [3.8, 4) is 0 Å². The zero-order valence-electron chi connectivity index (χ0n) is 9.98. The van der Waals surface area contributed by atoms with Crippen LogP contribution in [0.15, 0.2) is 60.7 Å². The Morgan fingerprint density at radius 1 is 0.789 bits per heavy atom. The lowest BCUT2D eigenvalue weighted by molar-refractivity contribution is 0.159. The highest BCUT2D eigenvalue weighted by molar-refractivity contribution is 9.42. The van der Waals surface area contributed by atoms with E-state index < -0.39 is 5.19 Å². The summed E-state index contributed by atoms with van der Waals surface area (Å²) in [4.78, 5) is 0. The first-order valence-electron chi connectivity index (χ1n) is 5.92. The Morgan fingerprint density at radius 2 is 1.16 bits per heavy atom. The quantitative estimate of drug-likeness (QED) is 0.696. The standard InChI is InChI=1S/C14H12BrO2PS/c15-18(19)16-13(11-7-3-1-4-8-11)14(17-18)12-9-5-2-6-10-12/h1-10,13-14H/t13-,14+,18?. The summed E-state index contributed by atoms with van der Waals surface area (Å²) in [5, 5.41) is -2.34. The van der Waals surface area contributed by atoms with Crippen molar-refractivity contribution in [3.05, 3.63) is 71.8 Å². The summed E-state index contributed by atoms with van der Waals surface area (Å²) in [6.45, 7) is 0. The van der Waals surface area contributed by atoms with Gasteiger partial charge in [0.1, 0.15) is 12.2 Å². The van der Waals surface area contributed by atoms with E-state index in [-0.39, 0.29) is 12.2 Å². The van der Waals surface area contributed by atoms with Crippen molar-refractivity contribution in [1.29, 1.82) is 0 Å². The fourth-order valence-corrected chi connectivity index (χ4v) is 4.86. The third kappa shape index (κ3) is 2.99. The van der Waals surface area contributed by atoms with Gasteiger partial charge in [0.2, 0.25) is 0 Å². The van der Waals surface area contributed by atoms with Crippen LogP contribution >= 0.6 is 20.7 Å². The summed E-state index contributed by atoms with van der Waals surface area (Å²) >= 11 is 8.75. The van der Waals surface area contributed by atoms with Crippen LogP contribution in [0.4, 0.5) is 0 Å². The summed E-state index contributed by atoms with van der Waals surface area (Å²) < 4.78 is 11.8. The lowest BCUT2D eigenvalue weighted by Gasteiger charge is -2.16. The highest BCUT2D eigenvalue weighted by Gasteiger charge is 2.41. The molecule has 1 fully saturated rings. The fourth-order valence-electron chi connectivity index (χ4n) is 2.16. The van der Waals surface area contributed by atoms with Crippen LogP contribution < -0.4 is 0 Å². The van der Waals surface area contributed by atoms with Gasteiger partial charge in [0.25, 0.3) is 5.19 Å². The predicted molar refractivity (Wildman–Crippen MR) is 83.7 cm³/mol. The van der Waals surface area contributed by atoms with Crippen LogP contribution in [-0.4, -0.2) is 0 Å². The molecule has 0 spiro atoms. The van der Waals surface area contributed by atoms with Gasteiger partial charge in [-0.3, -0.25) is 0 Å². The van der Waals surface area contributed by atoms with Crippen LogP contribution in [0.1, 0.15) is 23.3 Å². The van der Waals surface area contributed by atoms with Crippen LogP contribution in [0.25, 0.3) is 0 Å². The van der Waals surface area contributed by atoms with Gasteiger partial charge in [-0.15, -0.1) is 0 Å². The third-order valence-electron chi connectivity index (χ3n) is 3.01. The fraction of sp³-hybridized carbons (Fsp3) is 0.143. The lowest BCUT2D eigenvalue weighted by Crippen LogP contribution is -2.06. The molecule has 2 aromatic rings. The summed E-state index contributed by atoms with van der Waals surface area (Å²) in [6, 6.07) is 20.1. The van der Waals surface area contributed by atoms with Crippen molar-refractivity contribution in [2.24, 2.45) is 0 Å². The van der Waals surface area contributed by atoms with E-state index in [0.29, 0.717) is 0 Å². The molecule has 5 heteroatoms. The number of benzene rings is 2. The van der Waals surface area contributed by atoms with Gasteiger partial charge in [0.05, 0.1) is 0 Å². The molecule has 1 unspecified atom stereocenters. The summed E-state index contributed by atoms with van der Waals surface area (Å²) in [5.41, 5.74) is 2.17. The van der Waals surface area contributed by atoms with E-state index in [1.807, 2.05) is 60.7 Å². The topological polar surface area (TPSA) is 18.5 Å². The number of halogens is 1. The van der Waals surface area contributed by atoms with Gasteiger partial charge in [-0.25, -0.2) is 0 Å². The molecule has 98 valence electrons. The SMILES string of the molecule is S=P1(Br)O[C@H](c2ccccc2)[C@H](c2ccccc2)O1. The van der Waals surface area contributed by atoms with Crippen LogP contribution in [0.2, 0.25) is 0 Å². The Labute approximate surface area is 125 Å². The maximum absolute atomic E-state index is 5.92. The largest absolute Gasteiger partial charge is 0.310 e. The lowest BCUT2D eigenvalue weighted by atomic mass is 9.99. The van der Waals surface area contributed by atoms with Crippen LogP contribution in [0.5, 0.6) is 0 Å². The molecular formula is C14H12BrO2PS. The molecule has 1 saturated heterocycles. The molecule has 0 aromatic heterocycles. The van der Waals surface area contributed by atoms with Crippen molar-refractivity contribution in [3.63, 3.8) is 0 Å². The Bertz CT molecular complexity index is 554. The van der Waals surface area contributed by atoms with Crippen LogP contribution in [0, 0.1) is 0 Å². The molecule has 2 nitrogen and oxygen atoms in total. The van der Waals surface area contributed by atoms with Gasteiger partial charge < -0.3 is 9.05 Å². The van der Waals surface area contributed by atoms with Crippen molar-refractivity contribution in [2.45, 2.75) is 12.2 Å². The molecule has 3 atom stereocenters. The maximum Gasteiger partial charge on any atom is 0.257 e. The first kappa shape index (κ1) is 13.5. The van der Waals surface area contributed by atoms with Gasteiger partial charge in [-0.05, 0) is 22.9 Å². The van der Waals surface area contributed by atoms with Crippen molar-refractivity contribution in [1.82, 2.24) is 0 Å². The van der Waals surface area contributed by atoms with E-state index in [4.69, 9.17) is 20.9 Å². The van der Waals surface area contributed by atoms with E-state index in [1.165, 1.54) is 0 Å². The monoisotopic (exact) mass is 354 g/mol. The van der Waals surface area contributed by atoms with E-state index in [1.54, 1.807) is 0 Å². The average molecular weight is 355 g/mol. The normalized spacial score (nSPS) is 30.4.